The summed E-state index contributed by atoms with van der Waals surface area (Å²) in [6.07, 6.45) is 0. The Labute approximate surface area is 119 Å². The second-order valence-corrected chi connectivity index (χ2v) is 5.92. The first-order valence-electron chi connectivity index (χ1n) is 5.71. The molecule has 0 spiro atoms. The van der Waals surface area contributed by atoms with Crippen molar-refractivity contribution in [3.05, 3.63) is 39.5 Å². The van der Waals surface area contributed by atoms with Crippen molar-refractivity contribution in [3.8, 4) is 5.75 Å². The highest BCUT2D eigenvalue weighted by atomic mass is 35.5. The van der Waals surface area contributed by atoms with Gasteiger partial charge in [-0.3, -0.25) is 0 Å². The molecule has 0 amide bonds. The first kappa shape index (κ1) is 12.3. The average molecular weight is 294 g/mol. The number of nitrogens with two attached hydrogens (primary N) is 1. The minimum Gasteiger partial charge on any atom is -0.497 e. The van der Waals surface area contributed by atoms with Crippen LogP contribution in [-0.4, -0.2) is 16.7 Å². The number of halogens is 1. The quantitative estimate of drug-likeness (QED) is 0.805. The molecule has 3 rings (SSSR count). The molecule has 0 saturated heterocycles. The molecule has 0 saturated carbocycles. The van der Waals surface area contributed by atoms with Gasteiger partial charge >= 0.3 is 0 Å². The molecule has 1 aromatic carbocycles. The summed E-state index contributed by atoms with van der Waals surface area (Å²) in [7, 11) is 1.64. The van der Waals surface area contributed by atoms with Crippen LogP contribution in [0, 0.1) is 0 Å². The van der Waals surface area contributed by atoms with Crippen molar-refractivity contribution in [3.63, 3.8) is 0 Å². The van der Waals surface area contributed by atoms with Gasteiger partial charge in [-0.05, 0) is 24.3 Å². The van der Waals surface area contributed by atoms with Gasteiger partial charge in [0.2, 0.25) is 5.95 Å². The maximum absolute atomic E-state index is 5.98. The van der Waals surface area contributed by atoms with Crippen molar-refractivity contribution in [1.29, 1.82) is 0 Å². The minimum atomic E-state index is 0.493. The fourth-order valence-corrected chi connectivity index (χ4v) is 3.08. The standard InChI is InChI=1S/C13H12ClN3OS/c1-18-8-2-4-10-11(6-8)17(13(15)16-10)7-9-3-5-12(14)19-9/h2-6H,7H2,1H3,(H2,15,16). The van der Waals surface area contributed by atoms with Crippen molar-refractivity contribution in [2.45, 2.75) is 6.54 Å². The first-order chi connectivity index (χ1) is 9.17. The van der Waals surface area contributed by atoms with Crippen molar-refractivity contribution in [2.24, 2.45) is 0 Å². The van der Waals surface area contributed by atoms with Gasteiger partial charge in [0.15, 0.2) is 0 Å². The van der Waals surface area contributed by atoms with E-state index in [-0.39, 0.29) is 0 Å². The Balaban J connectivity index is 2.08. The Bertz CT molecular complexity index is 735. The predicted molar refractivity (Wildman–Crippen MR) is 79.1 cm³/mol. The van der Waals surface area contributed by atoms with Gasteiger partial charge in [0.05, 0.1) is 29.0 Å². The third kappa shape index (κ3) is 2.27. The molecule has 0 aliphatic heterocycles. The summed E-state index contributed by atoms with van der Waals surface area (Å²) in [5.41, 5.74) is 7.80. The first-order valence-corrected chi connectivity index (χ1v) is 6.91. The third-order valence-corrected chi connectivity index (χ3v) is 4.14. The van der Waals surface area contributed by atoms with Crippen molar-refractivity contribution in [1.82, 2.24) is 9.55 Å². The maximum atomic E-state index is 5.98. The van der Waals surface area contributed by atoms with E-state index in [1.54, 1.807) is 18.4 Å². The van der Waals surface area contributed by atoms with Crippen LogP contribution in [-0.2, 0) is 6.54 Å². The molecule has 2 heterocycles. The second kappa shape index (κ2) is 4.75. The minimum absolute atomic E-state index is 0.493. The molecule has 0 radical (unpaired) electrons. The normalized spacial score (nSPS) is 11.1. The van der Waals surface area contributed by atoms with Crippen molar-refractivity contribution < 1.29 is 4.74 Å². The molecule has 0 atom stereocenters. The Morgan fingerprint density at radius 1 is 1.37 bits per heavy atom. The van der Waals surface area contributed by atoms with Crippen LogP contribution < -0.4 is 10.5 Å². The molecule has 6 heteroatoms. The van der Waals surface area contributed by atoms with Gasteiger partial charge in [-0.25, -0.2) is 4.98 Å². The molecule has 2 aromatic heterocycles. The SMILES string of the molecule is COc1ccc2nc(N)n(Cc3ccc(Cl)s3)c2c1. The average Bonchev–Trinajstić information content (AvgIpc) is 2.94. The van der Waals surface area contributed by atoms with Gasteiger partial charge in [0.25, 0.3) is 0 Å². The number of benzene rings is 1. The summed E-state index contributed by atoms with van der Waals surface area (Å²) in [4.78, 5) is 5.49. The molecule has 19 heavy (non-hydrogen) atoms. The molecule has 0 fully saturated rings. The zero-order valence-corrected chi connectivity index (χ0v) is 11.8. The largest absolute Gasteiger partial charge is 0.497 e. The lowest BCUT2D eigenvalue weighted by Crippen LogP contribution is -2.03. The Kier molecular flexibility index (Phi) is 3.08. The van der Waals surface area contributed by atoms with Crippen LogP contribution in [0.4, 0.5) is 5.95 Å². The molecule has 98 valence electrons. The van der Waals surface area contributed by atoms with Crippen LogP contribution >= 0.6 is 22.9 Å². The summed E-state index contributed by atoms with van der Waals surface area (Å²) in [5, 5.41) is 0. The lowest BCUT2D eigenvalue weighted by Gasteiger charge is -2.05. The Hall–Kier alpha value is -1.72. The van der Waals surface area contributed by atoms with E-state index in [4.69, 9.17) is 22.1 Å². The number of nitrogens with zero attached hydrogens (tertiary/aromatic N) is 2. The number of nitrogen functional groups attached to an aromatic ring is 1. The van der Waals surface area contributed by atoms with Gasteiger partial charge in [-0.15, -0.1) is 11.3 Å². The van der Waals surface area contributed by atoms with Gasteiger partial charge in [0.1, 0.15) is 5.75 Å². The van der Waals surface area contributed by atoms with Crippen molar-refractivity contribution >= 4 is 39.9 Å². The van der Waals surface area contributed by atoms with Gasteiger partial charge in [-0.2, -0.15) is 0 Å². The van der Waals surface area contributed by atoms with E-state index >= 15 is 0 Å². The number of thiophene rings is 1. The highest BCUT2D eigenvalue weighted by molar-refractivity contribution is 7.16. The zero-order chi connectivity index (χ0) is 13.4. The van der Waals surface area contributed by atoms with Crippen molar-refractivity contribution in [2.75, 3.05) is 12.8 Å². The van der Waals surface area contributed by atoms with Crippen LogP contribution in [0.5, 0.6) is 5.75 Å². The number of fused-ring (bicyclic) bond motifs is 1. The summed E-state index contributed by atoms with van der Waals surface area (Å²) in [6, 6.07) is 9.60. The number of rotatable bonds is 3. The van der Waals surface area contributed by atoms with E-state index in [1.165, 1.54) is 0 Å². The smallest absolute Gasteiger partial charge is 0.201 e. The summed E-state index contributed by atoms with van der Waals surface area (Å²) in [5.74, 6) is 1.28. The monoisotopic (exact) mass is 293 g/mol. The molecule has 2 N–H and O–H groups in total. The molecular weight excluding hydrogens is 282 g/mol. The van der Waals surface area contributed by atoms with Crippen LogP contribution in [0.3, 0.4) is 0 Å². The summed E-state index contributed by atoms with van der Waals surface area (Å²) < 4.78 is 7.97. The highest BCUT2D eigenvalue weighted by Crippen LogP contribution is 2.27. The zero-order valence-electron chi connectivity index (χ0n) is 10.3. The molecule has 3 aromatic rings. The van der Waals surface area contributed by atoms with Gasteiger partial charge in [-0.1, -0.05) is 11.6 Å². The third-order valence-electron chi connectivity index (χ3n) is 2.93. The fourth-order valence-electron chi connectivity index (χ4n) is 2.01. The lowest BCUT2D eigenvalue weighted by molar-refractivity contribution is 0.415. The molecule has 0 aliphatic rings. The topological polar surface area (TPSA) is 53.1 Å². The Morgan fingerprint density at radius 3 is 2.89 bits per heavy atom. The van der Waals surface area contributed by atoms with Gasteiger partial charge in [0, 0.05) is 10.9 Å². The maximum Gasteiger partial charge on any atom is 0.201 e. The highest BCUT2D eigenvalue weighted by Gasteiger charge is 2.10. The van der Waals surface area contributed by atoms with E-state index in [2.05, 4.69) is 4.98 Å². The molecule has 0 unspecified atom stereocenters. The molecular formula is C13H12ClN3OS. The van der Waals surface area contributed by atoms with E-state index < -0.39 is 0 Å². The van der Waals surface area contributed by atoms with Crippen LogP contribution in [0.25, 0.3) is 11.0 Å². The summed E-state index contributed by atoms with van der Waals surface area (Å²) in [6.45, 7) is 0.660. The molecule has 4 nitrogen and oxygen atoms in total. The molecule has 0 aliphatic carbocycles. The number of hydrogen-bond acceptors (Lipinski definition) is 4. The van der Waals surface area contributed by atoms with E-state index in [1.807, 2.05) is 34.9 Å². The number of aromatic nitrogens is 2. The number of methoxy groups -OCH3 is 1. The lowest BCUT2D eigenvalue weighted by atomic mass is 10.3. The van der Waals surface area contributed by atoms with E-state index in [0.29, 0.717) is 12.5 Å². The summed E-state index contributed by atoms with van der Waals surface area (Å²) >= 11 is 7.49. The predicted octanol–water partition coefficient (Wildman–Crippen LogP) is 3.39. The second-order valence-electron chi connectivity index (χ2n) is 4.12. The number of imidazole rings is 1. The van der Waals surface area contributed by atoms with Crippen LogP contribution in [0.2, 0.25) is 4.34 Å². The molecule has 0 bridgehead atoms. The van der Waals surface area contributed by atoms with E-state index in [9.17, 15) is 0 Å². The van der Waals surface area contributed by atoms with Crippen LogP contribution in [0.15, 0.2) is 30.3 Å². The fraction of sp³-hybridized carbons (Fsp3) is 0.154. The number of ether oxygens (including phenoxy) is 1. The van der Waals surface area contributed by atoms with Gasteiger partial charge < -0.3 is 15.0 Å². The Morgan fingerprint density at radius 2 is 2.21 bits per heavy atom. The van der Waals surface area contributed by atoms with Crippen LogP contribution in [0.1, 0.15) is 4.88 Å². The number of anilines is 1. The number of hydrogen-bond donors (Lipinski definition) is 1. The van der Waals surface area contributed by atoms with E-state index in [0.717, 1.165) is 26.0 Å².